The monoisotopic (exact) mass is 348 g/mol. The summed E-state index contributed by atoms with van der Waals surface area (Å²) < 4.78 is 2.11. The number of carbonyl (C=O) groups excluding carboxylic acids is 2. The second kappa shape index (κ2) is 6.32. The second-order valence-corrected chi connectivity index (χ2v) is 5.87. The van der Waals surface area contributed by atoms with Gasteiger partial charge in [-0.3, -0.25) is 9.59 Å². The zero-order valence-electron chi connectivity index (χ0n) is 13.8. The van der Waals surface area contributed by atoms with Crippen LogP contribution in [0.25, 0.3) is 21.8 Å². The van der Waals surface area contributed by atoms with Crippen LogP contribution in [0.1, 0.15) is 16.9 Å². The van der Waals surface area contributed by atoms with Gasteiger partial charge >= 0.3 is 0 Å². The van der Waals surface area contributed by atoms with Gasteiger partial charge in [0.25, 0.3) is 5.91 Å². The number of benzene rings is 2. The van der Waals surface area contributed by atoms with Crippen molar-refractivity contribution in [1.82, 2.24) is 20.0 Å². The minimum atomic E-state index is -0.753. The molecule has 4 aromatic rings. The maximum Gasteiger partial charge on any atom is 0.273 e. The number of nitrogens with zero attached hydrogens (tertiary/aromatic N) is 3. The van der Waals surface area contributed by atoms with E-state index in [1.807, 2.05) is 36.4 Å². The Labute approximate surface area is 148 Å². The largest absolute Gasteiger partial charge is 0.364 e. The van der Waals surface area contributed by atoms with Gasteiger partial charge in [0, 0.05) is 34.8 Å². The molecule has 2 aromatic carbocycles. The summed E-state index contributed by atoms with van der Waals surface area (Å²) in [5, 5.41) is 14.5. The van der Waals surface area contributed by atoms with Crippen LogP contribution < -0.4 is 11.1 Å². The minimum Gasteiger partial charge on any atom is -0.364 e. The van der Waals surface area contributed by atoms with Crippen LogP contribution in [0.3, 0.4) is 0 Å². The maximum absolute atomic E-state index is 12.3. The Hall–Kier alpha value is -3.68. The number of aromatic amines is 1. The number of hydrogen-bond acceptors (Lipinski definition) is 4. The molecule has 8 heteroatoms. The number of amides is 2. The SMILES string of the molecule is NC(=O)c1n[nH]nc1NC(=O)CCn1c2ccccc2c2ccccc21. The Kier molecular flexibility index (Phi) is 3.85. The van der Waals surface area contributed by atoms with Gasteiger partial charge in [0.1, 0.15) is 0 Å². The number of nitrogens with two attached hydrogens (primary N) is 1. The van der Waals surface area contributed by atoms with Crippen LogP contribution in [0.15, 0.2) is 48.5 Å². The summed E-state index contributed by atoms with van der Waals surface area (Å²) in [6.45, 7) is 0.490. The summed E-state index contributed by atoms with van der Waals surface area (Å²) in [7, 11) is 0. The van der Waals surface area contributed by atoms with E-state index in [9.17, 15) is 9.59 Å². The van der Waals surface area contributed by atoms with Crippen LogP contribution >= 0.6 is 0 Å². The van der Waals surface area contributed by atoms with E-state index in [4.69, 9.17) is 5.73 Å². The first kappa shape index (κ1) is 15.8. The number of para-hydroxylation sites is 2. The van der Waals surface area contributed by atoms with Crippen LogP contribution in [-0.4, -0.2) is 31.8 Å². The molecule has 8 nitrogen and oxygen atoms in total. The van der Waals surface area contributed by atoms with E-state index < -0.39 is 5.91 Å². The van der Waals surface area contributed by atoms with Crippen molar-refractivity contribution in [3.05, 3.63) is 54.2 Å². The lowest BCUT2D eigenvalue weighted by Crippen LogP contribution is -2.19. The molecule has 4 N–H and O–H groups in total. The van der Waals surface area contributed by atoms with Gasteiger partial charge < -0.3 is 15.6 Å². The van der Waals surface area contributed by atoms with Crippen molar-refractivity contribution >= 4 is 39.4 Å². The van der Waals surface area contributed by atoms with Crippen LogP contribution in [0.5, 0.6) is 0 Å². The third kappa shape index (κ3) is 2.67. The van der Waals surface area contributed by atoms with Gasteiger partial charge in [-0.15, -0.1) is 10.2 Å². The molecule has 0 aliphatic heterocycles. The molecule has 0 saturated heterocycles. The van der Waals surface area contributed by atoms with Gasteiger partial charge in [0.15, 0.2) is 11.5 Å². The number of anilines is 1. The van der Waals surface area contributed by atoms with Crippen LogP contribution in [-0.2, 0) is 11.3 Å². The number of hydrogen-bond donors (Lipinski definition) is 3. The number of fused-ring (bicyclic) bond motifs is 3. The Morgan fingerprint density at radius 2 is 1.62 bits per heavy atom. The standard InChI is InChI=1S/C18H16N6O2/c19-17(26)16-18(22-23-21-16)20-15(25)9-10-24-13-7-3-1-5-11(13)12-6-2-4-8-14(12)24/h1-8H,9-10H2,(H2,19,26)(H2,20,21,22,23,25). The Morgan fingerprint density at radius 1 is 1.00 bits per heavy atom. The first-order valence-electron chi connectivity index (χ1n) is 8.11. The molecular weight excluding hydrogens is 332 g/mol. The Bertz CT molecular complexity index is 1070. The molecule has 0 aliphatic rings. The highest BCUT2D eigenvalue weighted by molar-refractivity contribution is 6.08. The van der Waals surface area contributed by atoms with Crippen LogP contribution in [0.2, 0.25) is 0 Å². The normalized spacial score (nSPS) is 11.1. The molecule has 0 aliphatic carbocycles. The fourth-order valence-electron chi connectivity index (χ4n) is 3.14. The van der Waals surface area contributed by atoms with E-state index in [1.54, 1.807) is 0 Å². The molecule has 2 amide bonds. The molecular formula is C18H16N6O2. The quantitative estimate of drug-likeness (QED) is 0.511. The molecule has 26 heavy (non-hydrogen) atoms. The van der Waals surface area contributed by atoms with Crippen molar-refractivity contribution in [2.75, 3.05) is 5.32 Å². The van der Waals surface area contributed by atoms with E-state index in [0.717, 1.165) is 21.8 Å². The summed E-state index contributed by atoms with van der Waals surface area (Å²) in [5.41, 5.74) is 7.25. The molecule has 0 atom stereocenters. The predicted octanol–water partition coefficient (Wildman–Crippen LogP) is 2.04. The highest BCUT2D eigenvalue weighted by Crippen LogP contribution is 2.28. The maximum atomic E-state index is 12.3. The van der Waals surface area contributed by atoms with E-state index in [1.165, 1.54) is 0 Å². The molecule has 0 radical (unpaired) electrons. The molecule has 2 aromatic heterocycles. The van der Waals surface area contributed by atoms with Crippen molar-refractivity contribution < 1.29 is 9.59 Å². The highest BCUT2D eigenvalue weighted by Gasteiger charge is 2.16. The summed E-state index contributed by atoms with van der Waals surface area (Å²) in [4.78, 5) is 23.5. The average Bonchev–Trinajstić information content (AvgIpc) is 3.23. The summed E-state index contributed by atoms with van der Waals surface area (Å²) >= 11 is 0. The first-order chi connectivity index (χ1) is 12.6. The van der Waals surface area contributed by atoms with Crippen molar-refractivity contribution in [1.29, 1.82) is 0 Å². The number of nitrogens with one attached hydrogen (secondary N) is 2. The highest BCUT2D eigenvalue weighted by atomic mass is 16.2. The number of aromatic nitrogens is 4. The average molecular weight is 348 g/mol. The Morgan fingerprint density at radius 3 is 2.23 bits per heavy atom. The molecule has 130 valence electrons. The van der Waals surface area contributed by atoms with Crippen molar-refractivity contribution in [2.45, 2.75) is 13.0 Å². The first-order valence-corrected chi connectivity index (χ1v) is 8.11. The molecule has 0 bridgehead atoms. The van der Waals surface area contributed by atoms with E-state index >= 15 is 0 Å². The van der Waals surface area contributed by atoms with Crippen molar-refractivity contribution in [3.63, 3.8) is 0 Å². The molecule has 0 spiro atoms. The Balaban J connectivity index is 1.58. The number of carbonyl (C=O) groups is 2. The minimum absolute atomic E-state index is 0.0460. The van der Waals surface area contributed by atoms with Gasteiger partial charge in [-0.2, -0.15) is 5.21 Å². The number of primary amides is 1. The predicted molar refractivity (Wildman–Crippen MR) is 97.6 cm³/mol. The van der Waals surface area contributed by atoms with Gasteiger partial charge in [-0.25, -0.2) is 0 Å². The van der Waals surface area contributed by atoms with Crippen molar-refractivity contribution in [3.8, 4) is 0 Å². The van der Waals surface area contributed by atoms with Gasteiger partial charge in [0.2, 0.25) is 5.91 Å². The van der Waals surface area contributed by atoms with Crippen molar-refractivity contribution in [2.24, 2.45) is 5.73 Å². The van der Waals surface area contributed by atoms with E-state index in [2.05, 4.69) is 37.4 Å². The molecule has 0 saturated carbocycles. The third-order valence-corrected chi connectivity index (χ3v) is 4.28. The molecule has 2 heterocycles. The van der Waals surface area contributed by atoms with Gasteiger partial charge in [-0.1, -0.05) is 36.4 Å². The van der Waals surface area contributed by atoms with Gasteiger partial charge in [-0.05, 0) is 12.1 Å². The lowest BCUT2D eigenvalue weighted by atomic mass is 10.2. The lowest BCUT2D eigenvalue weighted by Gasteiger charge is -2.07. The summed E-state index contributed by atoms with van der Waals surface area (Å²) in [6, 6.07) is 16.2. The topological polar surface area (TPSA) is 119 Å². The number of H-pyrrole nitrogens is 1. The number of rotatable bonds is 5. The third-order valence-electron chi connectivity index (χ3n) is 4.28. The molecule has 4 rings (SSSR count). The number of aryl methyl sites for hydroxylation is 1. The molecule has 0 unspecified atom stereocenters. The van der Waals surface area contributed by atoms with E-state index in [-0.39, 0.29) is 23.8 Å². The fraction of sp³-hybridized carbons (Fsp3) is 0.111. The van der Waals surface area contributed by atoms with Crippen LogP contribution in [0, 0.1) is 0 Å². The zero-order valence-corrected chi connectivity index (χ0v) is 13.8. The molecule has 0 fully saturated rings. The second-order valence-electron chi connectivity index (χ2n) is 5.87. The van der Waals surface area contributed by atoms with Gasteiger partial charge in [0.05, 0.1) is 0 Å². The van der Waals surface area contributed by atoms with Crippen LogP contribution in [0.4, 0.5) is 5.82 Å². The lowest BCUT2D eigenvalue weighted by molar-refractivity contribution is -0.116. The van der Waals surface area contributed by atoms with E-state index in [0.29, 0.717) is 6.54 Å². The smallest absolute Gasteiger partial charge is 0.273 e. The fourth-order valence-corrected chi connectivity index (χ4v) is 3.14. The summed E-state index contributed by atoms with van der Waals surface area (Å²) in [6.07, 6.45) is 0.216. The summed E-state index contributed by atoms with van der Waals surface area (Å²) in [5.74, 6) is -0.982. The zero-order chi connectivity index (χ0) is 18.1.